The number of pyridine rings is 1. The van der Waals surface area contributed by atoms with Crippen LogP contribution in [0.4, 0.5) is 5.82 Å². The summed E-state index contributed by atoms with van der Waals surface area (Å²) >= 11 is 5.84. The summed E-state index contributed by atoms with van der Waals surface area (Å²) < 4.78 is 0. The smallest absolute Gasteiger partial charge is 0.132 e. The number of nitrogens with zero attached hydrogens (tertiary/aromatic N) is 2. The molecule has 0 saturated heterocycles. The van der Waals surface area contributed by atoms with Gasteiger partial charge in [0, 0.05) is 6.54 Å². The first-order chi connectivity index (χ1) is 9.28. The summed E-state index contributed by atoms with van der Waals surface area (Å²) in [6.45, 7) is 0.799. The standard InChI is InChI=1S/C15H14ClN3/c16-14-9-13(11-17)10-15(19-14)18-8-4-7-12-5-2-1-3-6-12/h1-3,5-6,9-10H,4,7-8H2,(H,18,19). The molecule has 0 atom stereocenters. The number of halogens is 1. The number of anilines is 1. The van der Waals surface area contributed by atoms with E-state index in [0.717, 1.165) is 19.4 Å². The van der Waals surface area contributed by atoms with Crippen molar-refractivity contribution in [3.63, 3.8) is 0 Å². The lowest BCUT2D eigenvalue weighted by Gasteiger charge is -2.06. The van der Waals surface area contributed by atoms with Crippen LogP contribution in [0.2, 0.25) is 5.15 Å². The van der Waals surface area contributed by atoms with Gasteiger partial charge in [0.15, 0.2) is 0 Å². The van der Waals surface area contributed by atoms with E-state index in [-0.39, 0.29) is 0 Å². The zero-order valence-corrected chi connectivity index (χ0v) is 11.2. The highest BCUT2D eigenvalue weighted by Crippen LogP contribution is 2.14. The number of aromatic nitrogens is 1. The molecule has 0 aliphatic heterocycles. The Morgan fingerprint density at radius 3 is 2.74 bits per heavy atom. The summed E-state index contributed by atoms with van der Waals surface area (Å²) in [6.07, 6.45) is 2.01. The van der Waals surface area contributed by atoms with Crippen molar-refractivity contribution in [2.24, 2.45) is 0 Å². The molecule has 1 aromatic heterocycles. The summed E-state index contributed by atoms with van der Waals surface area (Å²) in [6, 6.07) is 15.6. The monoisotopic (exact) mass is 271 g/mol. The van der Waals surface area contributed by atoms with Crippen LogP contribution in [0.5, 0.6) is 0 Å². The van der Waals surface area contributed by atoms with Crippen molar-refractivity contribution in [1.82, 2.24) is 4.98 Å². The Labute approximate surface area is 117 Å². The fourth-order valence-corrected chi connectivity index (χ4v) is 2.01. The fourth-order valence-electron chi connectivity index (χ4n) is 1.81. The highest BCUT2D eigenvalue weighted by molar-refractivity contribution is 6.29. The molecule has 96 valence electrons. The first kappa shape index (κ1) is 13.4. The molecule has 0 bridgehead atoms. The number of nitrogens with one attached hydrogen (secondary N) is 1. The highest BCUT2D eigenvalue weighted by Gasteiger charge is 2.00. The van der Waals surface area contributed by atoms with Gasteiger partial charge in [-0.2, -0.15) is 5.26 Å². The summed E-state index contributed by atoms with van der Waals surface area (Å²) in [5.41, 5.74) is 1.84. The number of hydrogen-bond acceptors (Lipinski definition) is 3. The zero-order valence-electron chi connectivity index (χ0n) is 10.4. The number of nitriles is 1. The molecule has 0 unspecified atom stereocenters. The van der Waals surface area contributed by atoms with Gasteiger partial charge >= 0.3 is 0 Å². The average Bonchev–Trinajstić information content (AvgIpc) is 2.44. The summed E-state index contributed by atoms with van der Waals surface area (Å²) in [4.78, 5) is 4.13. The van der Waals surface area contributed by atoms with E-state index in [1.807, 2.05) is 18.2 Å². The van der Waals surface area contributed by atoms with Crippen LogP contribution in [-0.4, -0.2) is 11.5 Å². The predicted octanol–water partition coefficient (Wildman–Crippen LogP) is 3.65. The van der Waals surface area contributed by atoms with Gasteiger partial charge in [-0.05, 0) is 30.5 Å². The lowest BCUT2D eigenvalue weighted by atomic mass is 10.1. The van der Waals surface area contributed by atoms with Crippen LogP contribution in [0.3, 0.4) is 0 Å². The maximum absolute atomic E-state index is 8.84. The van der Waals surface area contributed by atoms with Crippen molar-refractivity contribution in [3.8, 4) is 6.07 Å². The van der Waals surface area contributed by atoms with Gasteiger partial charge in [-0.1, -0.05) is 41.9 Å². The molecule has 0 fully saturated rings. The van der Waals surface area contributed by atoms with Gasteiger partial charge in [0.2, 0.25) is 0 Å². The second-order valence-electron chi connectivity index (χ2n) is 4.19. The second kappa shape index (κ2) is 6.77. The molecular formula is C15H14ClN3. The molecule has 0 radical (unpaired) electrons. The van der Waals surface area contributed by atoms with Gasteiger partial charge in [-0.15, -0.1) is 0 Å². The van der Waals surface area contributed by atoms with Crippen LogP contribution in [0.15, 0.2) is 42.5 Å². The maximum Gasteiger partial charge on any atom is 0.132 e. The molecule has 2 aromatic rings. The summed E-state index contributed by atoms with van der Waals surface area (Å²) in [5.74, 6) is 0.650. The SMILES string of the molecule is N#Cc1cc(Cl)nc(NCCCc2ccccc2)c1. The van der Waals surface area contributed by atoms with Gasteiger partial charge in [-0.3, -0.25) is 0 Å². The predicted molar refractivity (Wildman–Crippen MR) is 77.2 cm³/mol. The third kappa shape index (κ3) is 4.27. The fraction of sp³-hybridized carbons (Fsp3) is 0.200. The number of aryl methyl sites for hydroxylation is 1. The second-order valence-corrected chi connectivity index (χ2v) is 4.58. The third-order valence-corrected chi connectivity index (χ3v) is 2.91. The van der Waals surface area contributed by atoms with Crippen LogP contribution in [-0.2, 0) is 6.42 Å². The lowest BCUT2D eigenvalue weighted by molar-refractivity contribution is 0.859. The van der Waals surface area contributed by atoms with Crippen molar-refractivity contribution in [2.75, 3.05) is 11.9 Å². The van der Waals surface area contributed by atoms with E-state index < -0.39 is 0 Å². The molecule has 4 heteroatoms. The van der Waals surface area contributed by atoms with Crippen LogP contribution < -0.4 is 5.32 Å². The zero-order chi connectivity index (χ0) is 13.5. The molecule has 0 saturated carbocycles. The molecular weight excluding hydrogens is 258 g/mol. The van der Waals surface area contributed by atoms with Crippen molar-refractivity contribution < 1.29 is 0 Å². The molecule has 0 aliphatic rings. The Balaban J connectivity index is 1.83. The Morgan fingerprint density at radius 1 is 1.21 bits per heavy atom. The van der Waals surface area contributed by atoms with Crippen molar-refractivity contribution in [1.29, 1.82) is 5.26 Å². The largest absolute Gasteiger partial charge is 0.370 e. The van der Waals surface area contributed by atoms with Crippen molar-refractivity contribution in [3.05, 3.63) is 58.7 Å². The molecule has 0 spiro atoms. The van der Waals surface area contributed by atoms with E-state index in [9.17, 15) is 0 Å². The van der Waals surface area contributed by atoms with Crippen molar-refractivity contribution >= 4 is 17.4 Å². The first-order valence-corrected chi connectivity index (χ1v) is 6.51. The summed E-state index contributed by atoms with van der Waals surface area (Å²) in [5, 5.41) is 12.4. The lowest BCUT2D eigenvalue weighted by Crippen LogP contribution is -2.05. The third-order valence-electron chi connectivity index (χ3n) is 2.71. The van der Waals surface area contributed by atoms with Gasteiger partial charge in [-0.25, -0.2) is 4.98 Å². The van der Waals surface area contributed by atoms with Gasteiger partial charge in [0.05, 0.1) is 11.6 Å². The van der Waals surface area contributed by atoms with E-state index in [1.54, 1.807) is 12.1 Å². The van der Waals surface area contributed by atoms with E-state index in [2.05, 4.69) is 28.5 Å². The molecule has 1 aromatic carbocycles. The molecule has 1 heterocycles. The van der Waals surface area contributed by atoms with Crippen molar-refractivity contribution in [2.45, 2.75) is 12.8 Å². The van der Waals surface area contributed by atoms with Crippen LogP contribution in [0.1, 0.15) is 17.5 Å². The molecule has 2 rings (SSSR count). The normalized spacial score (nSPS) is 9.89. The molecule has 1 N–H and O–H groups in total. The molecule has 3 nitrogen and oxygen atoms in total. The number of hydrogen-bond donors (Lipinski definition) is 1. The topological polar surface area (TPSA) is 48.7 Å². The molecule has 0 aliphatic carbocycles. The van der Waals surface area contributed by atoms with Crippen LogP contribution in [0, 0.1) is 11.3 Å². The van der Waals surface area contributed by atoms with Crippen LogP contribution >= 0.6 is 11.6 Å². The van der Waals surface area contributed by atoms with Gasteiger partial charge < -0.3 is 5.32 Å². The Kier molecular flexibility index (Phi) is 4.77. The Hall–Kier alpha value is -2.05. The van der Waals surface area contributed by atoms with E-state index >= 15 is 0 Å². The van der Waals surface area contributed by atoms with E-state index in [0.29, 0.717) is 16.5 Å². The Bertz CT molecular complexity index is 576. The highest BCUT2D eigenvalue weighted by atomic mass is 35.5. The minimum atomic E-state index is 0.338. The summed E-state index contributed by atoms with van der Waals surface area (Å²) in [7, 11) is 0. The number of benzene rings is 1. The van der Waals surface area contributed by atoms with Gasteiger partial charge in [0.25, 0.3) is 0 Å². The van der Waals surface area contributed by atoms with E-state index in [4.69, 9.17) is 16.9 Å². The van der Waals surface area contributed by atoms with Crippen LogP contribution in [0.25, 0.3) is 0 Å². The first-order valence-electron chi connectivity index (χ1n) is 6.13. The quantitative estimate of drug-likeness (QED) is 0.667. The van der Waals surface area contributed by atoms with Gasteiger partial charge in [0.1, 0.15) is 11.0 Å². The van der Waals surface area contributed by atoms with E-state index in [1.165, 1.54) is 5.56 Å². The minimum Gasteiger partial charge on any atom is -0.370 e. The Morgan fingerprint density at radius 2 is 2.00 bits per heavy atom. The number of rotatable bonds is 5. The molecule has 19 heavy (non-hydrogen) atoms. The maximum atomic E-state index is 8.84. The minimum absolute atomic E-state index is 0.338. The average molecular weight is 272 g/mol. The molecule has 0 amide bonds.